The molecule has 0 aliphatic carbocycles. The Morgan fingerprint density at radius 3 is 2.60 bits per heavy atom. The van der Waals surface area contributed by atoms with Crippen molar-refractivity contribution in [3.63, 3.8) is 0 Å². The minimum atomic E-state index is -0.507. The normalized spacial score (nSPS) is 15.4. The summed E-state index contributed by atoms with van der Waals surface area (Å²) in [6, 6.07) is 0. The Bertz CT molecular complexity index is 561. The van der Waals surface area contributed by atoms with Gasteiger partial charge in [0.05, 0.1) is 11.5 Å². The number of rotatable bonds is 3. The number of nitrogens with one attached hydrogen (secondary N) is 1. The predicted octanol–water partition coefficient (Wildman–Crippen LogP) is 0.0133. The molecule has 0 spiro atoms. The summed E-state index contributed by atoms with van der Waals surface area (Å²) in [7, 11) is 3.35. The number of carbonyl (C=O) groups is 1. The first-order chi connectivity index (χ1) is 9.43. The van der Waals surface area contributed by atoms with E-state index in [1.807, 2.05) is 0 Å². The largest absolute Gasteiger partial charge is 0.357 e. The van der Waals surface area contributed by atoms with Crippen molar-refractivity contribution < 1.29 is 9.72 Å². The molecule has 1 aromatic heterocycles. The first-order valence-corrected chi connectivity index (χ1v) is 6.13. The van der Waals surface area contributed by atoms with Gasteiger partial charge in [-0.25, -0.2) is 4.98 Å². The first-order valence-electron chi connectivity index (χ1n) is 6.13. The molecule has 20 heavy (non-hydrogen) atoms. The predicted molar refractivity (Wildman–Crippen MR) is 72.8 cm³/mol. The van der Waals surface area contributed by atoms with Crippen molar-refractivity contribution in [2.24, 2.45) is 0 Å². The average molecular weight is 280 g/mol. The van der Waals surface area contributed by atoms with Crippen molar-refractivity contribution in [3.8, 4) is 0 Å². The summed E-state index contributed by atoms with van der Waals surface area (Å²) in [5.41, 5.74) is 0.122. The maximum Gasteiger partial charge on any atom is 0.332 e. The first kappa shape index (κ1) is 14.0. The summed E-state index contributed by atoms with van der Waals surface area (Å²) in [4.78, 5) is 33.8. The van der Waals surface area contributed by atoms with Crippen LogP contribution >= 0.6 is 0 Å². The molecule has 0 aromatic carbocycles. The topological polar surface area (TPSA) is 104 Å². The van der Waals surface area contributed by atoms with Gasteiger partial charge in [0, 0.05) is 27.2 Å². The second-order valence-electron chi connectivity index (χ2n) is 4.55. The van der Waals surface area contributed by atoms with Crippen molar-refractivity contribution in [2.45, 2.75) is 6.92 Å². The number of hydrogen-bond acceptors (Lipinski definition) is 7. The minimum Gasteiger partial charge on any atom is -0.357 e. The van der Waals surface area contributed by atoms with Gasteiger partial charge in [0.1, 0.15) is 5.69 Å². The van der Waals surface area contributed by atoms with Gasteiger partial charge in [-0.2, -0.15) is 4.98 Å². The highest BCUT2D eigenvalue weighted by atomic mass is 16.6. The molecule has 9 nitrogen and oxygen atoms in total. The lowest BCUT2D eigenvalue weighted by Crippen LogP contribution is -2.49. The number of aromatic nitrogens is 2. The van der Waals surface area contributed by atoms with Crippen molar-refractivity contribution >= 4 is 23.4 Å². The van der Waals surface area contributed by atoms with E-state index in [1.165, 1.54) is 0 Å². The van der Waals surface area contributed by atoms with E-state index in [0.29, 0.717) is 19.0 Å². The van der Waals surface area contributed by atoms with Crippen molar-refractivity contribution in [2.75, 3.05) is 43.9 Å². The second kappa shape index (κ2) is 5.27. The van der Waals surface area contributed by atoms with E-state index in [4.69, 9.17) is 0 Å². The average Bonchev–Trinajstić information content (AvgIpc) is 2.40. The molecular weight excluding hydrogens is 264 g/mol. The van der Waals surface area contributed by atoms with Gasteiger partial charge in [-0.15, -0.1) is 0 Å². The molecule has 108 valence electrons. The summed E-state index contributed by atoms with van der Waals surface area (Å²) in [6.07, 6.45) is 0. The van der Waals surface area contributed by atoms with Crippen LogP contribution in [-0.4, -0.2) is 59.4 Å². The molecule has 1 aliphatic rings. The molecule has 0 bridgehead atoms. The number of carbonyl (C=O) groups excluding carboxylic acids is 1. The Morgan fingerprint density at radius 2 is 2.05 bits per heavy atom. The van der Waals surface area contributed by atoms with Gasteiger partial charge in [-0.1, -0.05) is 0 Å². The molecule has 0 unspecified atom stereocenters. The van der Waals surface area contributed by atoms with Crippen LogP contribution < -0.4 is 10.2 Å². The van der Waals surface area contributed by atoms with Crippen LogP contribution in [0.4, 0.5) is 17.5 Å². The maximum atomic E-state index is 11.8. The summed E-state index contributed by atoms with van der Waals surface area (Å²) in [6.45, 7) is 2.65. The fraction of sp³-hybridized carbons (Fsp3) is 0.545. The minimum absolute atomic E-state index is 0.0803. The fourth-order valence-electron chi connectivity index (χ4n) is 2.04. The number of piperazine rings is 1. The number of hydrogen-bond donors (Lipinski definition) is 1. The smallest absolute Gasteiger partial charge is 0.332 e. The van der Waals surface area contributed by atoms with Crippen LogP contribution in [0.3, 0.4) is 0 Å². The van der Waals surface area contributed by atoms with E-state index in [9.17, 15) is 14.9 Å². The zero-order chi connectivity index (χ0) is 14.9. The molecule has 0 radical (unpaired) electrons. The lowest BCUT2D eigenvalue weighted by atomic mass is 10.2. The van der Waals surface area contributed by atoms with Crippen LogP contribution in [0.2, 0.25) is 0 Å². The van der Waals surface area contributed by atoms with Crippen LogP contribution in [0.15, 0.2) is 0 Å². The standard InChI is InChI=1S/C11H16N6O3/c1-7-9(17(19)20)10(14-11(12-2)13-7)16-5-4-15(3)8(18)6-16/h4-6H2,1-3H3,(H,12,13,14). The SMILES string of the molecule is CNc1nc(C)c([N+](=O)[O-])c(N2CCN(C)C(=O)C2)n1. The third-order valence-electron chi connectivity index (χ3n) is 3.20. The van der Waals surface area contributed by atoms with E-state index in [1.54, 1.807) is 30.8 Å². The molecule has 1 N–H and O–H groups in total. The van der Waals surface area contributed by atoms with Crippen molar-refractivity contribution in [1.82, 2.24) is 14.9 Å². The molecule has 1 saturated heterocycles. The summed E-state index contributed by atoms with van der Waals surface area (Å²) >= 11 is 0. The number of nitrogens with zero attached hydrogens (tertiary/aromatic N) is 5. The summed E-state index contributed by atoms with van der Waals surface area (Å²) < 4.78 is 0. The van der Waals surface area contributed by atoms with Gasteiger partial charge >= 0.3 is 5.69 Å². The third-order valence-corrected chi connectivity index (χ3v) is 3.20. The Morgan fingerprint density at radius 1 is 1.35 bits per heavy atom. The zero-order valence-corrected chi connectivity index (χ0v) is 11.6. The highest BCUT2D eigenvalue weighted by Crippen LogP contribution is 2.30. The Kier molecular flexibility index (Phi) is 3.68. The Balaban J connectivity index is 2.46. The van der Waals surface area contributed by atoms with Crippen molar-refractivity contribution in [1.29, 1.82) is 0 Å². The van der Waals surface area contributed by atoms with E-state index in [2.05, 4.69) is 15.3 Å². The van der Waals surface area contributed by atoms with Gasteiger partial charge in [0.15, 0.2) is 0 Å². The number of nitro groups is 1. The molecule has 1 amide bonds. The second-order valence-corrected chi connectivity index (χ2v) is 4.55. The molecule has 1 fully saturated rings. The van der Waals surface area contributed by atoms with Crippen LogP contribution in [0, 0.1) is 17.0 Å². The van der Waals surface area contributed by atoms with Crippen LogP contribution in [0.1, 0.15) is 5.69 Å². The molecule has 9 heteroatoms. The fourth-order valence-corrected chi connectivity index (χ4v) is 2.04. The maximum absolute atomic E-state index is 11.8. The van der Waals surface area contributed by atoms with Gasteiger partial charge in [-0.05, 0) is 6.92 Å². The van der Waals surface area contributed by atoms with Gasteiger partial charge in [-0.3, -0.25) is 14.9 Å². The van der Waals surface area contributed by atoms with Crippen LogP contribution in [-0.2, 0) is 4.79 Å². The lowest BCUT2D eigenvalue weighted by molar-refractivity contribution is -0.385. The molecule has 2 rings (SSSR count). The third kappa shape index (κ3) is 2.46. The van der Waals surface area contributed by atoms with Crippen LogP contribution in [0.5, 0.6) is 0 Å². The number of aryl methyl sites for hydroxylation is 1. The molecule has 0 saturated carbocycles. The highest BCUT2D eigenvalue weighted by molar-refractivity contribution is 5.83. The van der Waals surface area contributed by atoms with Gasteiger partial charge in [0.2, 0.25) is 17.7 Å². The highest BCUT2D eigenvalue weighted by Gasteiger charge is 2.30. The van der Waals surface area contributed by atoms with Gasteiger partial charge < -0.3 is 15.1 Å². The summed E-state index contributed by atoms with van der Waals surface area (Å²) in [5.74, 6) is 0.399. The number of likely N-dealkylation sites (N-methyl/N-ethyl adjacent to an activating group) is 1. The molecular formula is C11H16N6O3. The quantitative estimate of drug-likeness (QED) is 0.614. The number of anilines is 2. The molecule has 0 atom stereocenters. The van der Waals surface area contributed by atoms with E-state index in [-0.39, 0.29) is 29.7 Å². The zero-order valence-electron chi connectivity index (χ0n) is 11.6. The number of amides is 1. The Labute approximate surface area is 115 Å². The van der Waals surface area contributed by atoms with E-state index >= 15 is 0 Å². The molecule has 1 aromatic rings. The molecule has 2 heterocycles. The molecule has 1 aliphatic heterocycles. The van der Waals surface area contributed by atoms with E-state index in [0.717, 1.165) is 0 Å². The van der Waals surface area contributed by atoms with Gasteiger partial charge in [0.25, 0.3) is 0 Å². The van der Waals surface area contributed by atoms with E-state index < -0.39 is 4.92 Å². The Hall–Kier alpha value is -2.45. The van der Waals surface area contributed by atoms with Crippen molar-refractivity contribution in [3.05, 3.63) is 15.8 Å². The monoisotopic (exact) mass is 280 g/mol. The summed E-state index contributed by atoms with van der Waals surface area (Å²) in [5, 5.41) is 14.0. The van der Waals surface area contributed by atoms with Crippen LogP contribution in [0.25, 0.3) is 0 Å². The lowest BCUT2D eigenvalue weighted by Gasteiger charge is -2.32.